The van der Waals surface area contributed by atoms with E-state index < -0.39 is 10.0 Å². The molecule has 1 fully saturated rings. The number of hydrogen-bond donors (Lipinski definition) is 1. The molecule has 2 unspecified atom stereocenters. The molecule has 0 aromatic carbocycles. The van der Waals surface area contributed by atoms with E-state index in [4.69, 9.17) is 5.73 Å². The van der Waals surface area contributed by atoms with E-state index >= 15 is 0 Å². The maximum absolute atomic E-state index is 12.3. The zero-order valence-electron chi connectivity index (χ0n) is 9.83. The van der Waals surface area contributed by atoms with Crippen LogP contribution in [0.1, 0.15) is 26.7 Å². The molecule has 0 radical (unpaired) electrons. The predicted octanol–water partition coefficient (Wildman–Crippen LogP) is 0.929. The van der Waals surface area contributed by atoms with Crippen LogP contribution in [0.5, 0.6) is 0 Å². The van der Waals surface area contributed by atoms with E-state index in [0.717, 1.165) is 24.2 Å². The fraction of sp³-hybridized carbons (Fsp3) is 0.778. The molecular formula is C9H16N4O2S2. The molecule has 0 bridgehead atoms. The van der Waals surface area contributed by atoms with Crippen molar-refractivity contribution in [2.24, 2.45) is 5.92 Å². The van der Waals surface area contributed by atoms with Crippen molar-refractivity contribution in [3.8, 4) is 0 Å². The van der Waals surface area contributed by atoms with Gasteiger partial charge in [0.05, 0.1) is 0 Å². The molecule has 2 heterocycles. The normalized spacial score (nSPS) is 27.2. The second-order valence-corrected chi connectivity index (χ2v) is 7.59. The Bertz CT molecular complexity index is 499. The van der Waals surface area contributed by atoms with Crippen molar-refractivity contribution in [3.05, 3.63) is 0 Å². The summed E-state index contributed by atoms with van der Waals surface area (Å²) >= 11 is 0.918. The number of nitrogen functional groups attached to an aromatic ring is 1. The maximum Gasteiger partial charge on any atom is 0.272 e. The molecule has 0 amide bonds. The monoisotopic (exact) mass is 276 g/mol. The van der Waals surface area contributed by atoms with Gasteiger partial charge < -0.3 is 5.73 Å². The summed E-state index contributed by atoms with van der Waals surface area (Å²) in [6.07, 6.45) is 1.94. The van der Waals surface area contributed by atoms with Crippen LogP contribution >= 0.6 is 11.3 Å². The van der Waals surface area contributed by atoms with Crippen LogP contribution in [-0.4, -0.2) is 35.5 Å². The van der Waals surface area contributed by atoms with Gasteiger partial charge in [0, 0.05) is 12.6 Å². The van der Waals surface area contributed by atoms with Gasteiger partial charge in [-0.05, 0) is 25.7 Å². The van der Waals surface area contributed by atoms with Crippen LogP contribution in [0, 0.1) is 5.92 Å². The lowest BCUT2D eigenvalue weighted by Crippen LogP contribution is -2.44. The Morgan fingerprint density at radius 2 is 2.06 bits per heavy atom. The molecule has 0 spiro atoms. The predicted molar refractivity (Wildman–Crippen MR) is 66.1 cm³/mol. The van der Waals surface area contributed by atoms with Gasteiger partial charge in [-0.3, -0.25) is 0 Å². The molecule has 1 aromatic rings. The summed E-state index contributed by atoms with van der Waals surface area (Å²) in [4.78, 5) is 0. The molecule has 0 aliphatic carbocycles. The van der Waals surface area contributed by atoms with Gasteiger partial charge in [0.1, 0.15) is 0 Å². The lowest BCUT2D eigenvalue weighted by atomic mass is 9.97. The lowest BCUT2D eigenvalue weighted by Gasteiger charge is -2.34. The highest BCUT2D eigenvalue weighted by Crippen LogP contribution is 2.29. The summed E-state index contributed by atoms with van der Waals surface area (Å²) in [6.45, 7) is 4.53. The van der Waals surface area contributed by atoms with Crippen molar-refractivity contribution in [2.45, 2.75) is 37.1 Å². The first-order chi connectivity index (χ1) is 7.91. The van der Waals surface area contributed by atoms with Crippen LogP contribution in [0.3, 0.4) is 0 Å². The van der Waals surface area contributed by atoms with E-state index in [9.17, 15) is 8.42 Å². The first-order valence-electron chi connectivity index (χ1n) is 5.52. The third kappa shape index (κ3) is 2.43. The van der Waals surface area contributed by atoms with Crippen LogP contribution in [0.2, 0.25) is 0 Å². The Morgan fingerprint density at radius 3 is 2.65 bits per heavy atom. The largest absolute Gasteiger partial charge is 0.374 e. The molecule has 2 rings (SSSR count). The Labute approximate surface area is 105 Å². The SMILES string of the molecule is CC1CCC(C)N(S(=O)(=O)c2nnc(N)s2)C1. The first kappa shape index (κ1) is 12.7. The van der Waals surface area contributed by atoms with Crippen LogP contribution in [-0.2, 0) is 10.0 Å². The Morgan fingerprint density at radius 1 is 1.35 bits per heavy atom. The van der Waals surface area contributed by atoms with Gasteiger partial charge in [-0.2, -0.15) is 4.31 Å². The van der Waals surface area contributed by atoms with E-state index in [1.165, 1.54) is 4.31 Å². The van der Waals surface area contributed by atoms with Crippen molar-refractivity contribution >= 4 is 26.5 Å². The fourth-order valence-corrected chi connectivity index (χ4v) is 4.69. The third-order valence-corrected chi connectivity index (χ3v) is 6.09. The molecule has 2 N–H and O–H groups in total. The van der Waals surface area contributed by atoms with Gasteiger partial charge in [-0.15, -0.1) is 10.2 Å². The highest BCUT2D eigenvalue weighted by Gasteiger charge is 2.35. The van der Waals surface area contributed by atoms with E-state index in [-0.39, 0.29) is 15.5 Å². The molecule has 8 heteroatoms. The summed E-state index contributed by atoms with van der Waals surface area (Å²) in [5.74, 6) is 0.381. The van der Waals surface area contributed by atoms with Gasteiger partial charge >= 0.3 is 0 Å². The van der Waals surface area contributed by atoms with Gasteiger partial charge in [-0.25, -0.2) is 8.42 Å². The number of nitrogens with zero attached hydrogens (tertiary/aromatic N) is 3. The van der Waals surface area contributed by atoms with Crippen LogP contribution in [0.25, 0.3) is 0 Å². The van der Waals surface area contributed by atoms with Crippen molar-refractivity contribution < 1.29 is 8.42 Å². The summed E-state index contributed by atoms with van der Waals surface area (Å²) in [7, 11) is -3.53. The van der Waals surface area contributed by atoms with E-state index in [1.54, 1.807) is 0 Å². The molecule has 0 saturated carbocycles. The Kier molecular flexibility index (Phi) is 3.37. The van der Waals surface area contributed by atoms with Crippen molar-refractivity contribution in [1.29, 1.82) is 0 Å². The quantitative estimate of drug-likeness (QED) is 0.868. The standard InChI is InChI=1S/C9H16N4O2S2/c1-6-3-4-7(2)13(5-6)17(14,15)9-12-11-8(10)16-9/h6-7H,3-5H2,1-2H3,(H2,10,11). The minimum absolute atomic E-state index is 0.00375. The summed E-state index contributed by atoms with van der Waals surface area (Å²) in [6, 6.07) is 0.0151. The molecule has 2 atom stereocenters. The van der Waals surface area contributed by atoms with Gasteiger partial charge in [0.2, 0.25) is 9.47 Å². The van der Waals surface area contributed by atoms with Crippen LogP contribution in [0.4, 0.5) is 5.13 Å². The van der Waals surface area contributed by atoms with E-state index in [2.05, 4.69) is 17.1 Å². The summed E-state index contributed by atoms with van der Waals surface area (Å²) in [5, 5.41) is 7.38. The van der Waals surface area contributed by atoms with Crippen molar-refractivity contribution in [3.63, 3.8) is 0 Å². The average molecular weight is 276 g/mol. The fourth-order valence-electron chi connectivity index (χ4n) is 2.01. The first-order valence-corrected chi connectivity index (χ1v) is 7.77. The highest BCUT2D eigenvalue weighted by molar-refractivity contribution is 7.91. The Balaban J connectivity index is 2.31. The highest BCUT2D eigenvalue weighted by atomic mass is 32.2. The molecular weight excluding hydrogens is 260 g/mol. The van der Waals surface area contributed by atoms with Crippen molar-refractivity contribution in [1.82, 2.24) is 14.5 Å². The smallest absolute Gasteiger partial charge is 0.272 e. The second-order valence-electron chi connectivity index (χ2n) is 4.51. The third-order valence-electron chi connectivity index (χ3n) is 3.01. The zero-order valence-corrected chi connectivity index (χ0v) is 11.5. The Hall–Kier alpha value is -0.730. The molecule has 1 aliphatic rings. The van der Waals surface area contributed by atoms with Gasteiger partial charge in [0.15, 0.2) is 0 Å². The van der Waals surface area contributed by atoms with Crippen LogP contribution < -0.4 is 5.73 Å². The zero-order chi connectivity index (χ0) is 12.6. The molecule has 1 saturated heterocycles. The lowest BCUT2D eigenvalue weighted by molar-refractivity contribution is 0.218. The van der Waals surface area contributed by atoms with Gasteiger partial charge in [-0.1, -0.05) is 18.3 Å². The number of hydrogen-bond acceptors (Lipinski definition) is 6. The van der Waals surface area contributed by atoms with Gasteiger partial charge in [0.25, 0.3) is 10.0 Å². The molecule has 1 aromatic heterocycles. The van der Waals surface area contributed by atoms with E-state index in [0.29, 0.717) is 12.5 Å². The average Bonchev–Trinajstić information content (AvgIpc) is 2.69. The number of piperidine rings is 1. The number of sulfonamides is 1. The molecule has 17 heavy (non-hydrogen) atoms. The molecule has 96 valence electrons. The number of rotatable bonds is 2. The van der Waals surface area contributed by atoms with Crippen LogP contribution in [0.15, 0.2) is 4.34 Å². The molecule has 1 aliphatic heterocycles. The van der Waals surface area contributed by atoms with Crippen molar-refractivity contribution in [2.75, 3.05) is 12.3 Å². The number of nitrogens with two attached hydrogens (primary N) is 1. The number of aromatic nitrogens is 2. The minimum atomic E-state index is -3.53. The maximum atomic E-state index is 12.3. The second kappa shape index (κ2) is 4.51. The summed E-state index contributed by atoms with van der Waals surface area (Å²) < 4.78 is 26.2. The number of anilines is 1. The van der Waals surface area contributed by atoms with E-state index in [1.807, 2.05) is 6.92 Å². The summed E-state index contributed by atoms with van der Waals surface area (Å²) in [5.41, 5.74) is 5.43. The minimum Gasteiger partial charge on any atom is -0.374 e. The molecule has 6 nitrogen and oxygen atoms in total. The topological polar surface area (TPSA) is 89.2 Å².